The number of hydrogen-bond acceptors (Lipinski definition) is 6. The van der Waals surface area contributed by atoms with Crippen LogP contribution < -0.4 is 0 Å². The molecule has 7 heteroatoms. The molecule has 0 bridgehead atoms. The van der Waals surface area contributed by atoms with Crippen molar-refractivity contribution in [1.82, 2.24) is 0 Å². The molecule has 6 nitrogen and oxygen atoms in total. The third-order valence-corrected chi connectivity index (χ3v) is 3.68. The molecule has 0 spiro atoms. The predicted molar refractivity (Wildman–Crippen MR) is 86.8 cm³/mol. The molecule has 1 aliphatic rings. The van der Waals surface area contributed by atoms with E-state index in [1.54, 1.807) is 31.2 Å². The zero-order valence-corrected chi connectivity index (χ0v) is 13.6. The number of aryl methyl sites for hydroxylation is 1. The molecular weight excluding hydrogens is 334 g/mol. The van der Waals surface area contributed by atoms with Crippen molar-refractivity contribution in [2.75, 3.05) is 7.11 Å². The average molecular weight is 346 g/mol. The summed E-state index contributed by atoms with van der Waals surface area (Å²) in [6.07, 6.45) is 1.39. The lowest BCUT2D eigenvalue weighted by molar-refractivity contribution is -0.129. The third kappa shape index (κ3) is 2.96. The van der Waals surface area contributed by atoms with Crippen molar-refractivity contribution in [2.45, 2.75) is 6.92 Å². The number of carbonyl (C=O) groups excluding carboxylic acids is 2. The van der Waals surface area contributed by atoms with E-state index >= 15 is 0 Å². The summed E-state index contributed by atoms with van der Waals surface area (Å²) in [7, 11) is 1.28. The lowest BCUT2D eigenvalue weighted by atomic mass is 10.2. The SMILES string of the molecule is COC(=O)c1cc(/C=C2\N=C(c3ccccc3Cl)OC2=O)oc1C. The highest BCUT2D eigenvalue weighted by Crippen LogP contribution is 2.25. The lowest BCUT2D eigenvalue weighted by Gasteiger charge is -2.00. The number of hydrogen-bond donors (Lipinski definition) is 0. The first kappa shape index (κ1) is 16.0. The molecule has 1 aromatic heterocycles. The number of cyclic esters (lactones) is 1. The van der Waals surface area contributed by atoms with E-state index < -0.39 is 11.9 Å². The molecule has 2 heterocycles. The highest BCUT2D eigenvalue weighted by Gasteiger charge is 2.26. The Balaban J connectivity index is 1.95. The molecule has 3 rings (SSSR count). The molecule has 2 aromatic rings. The summed E-state index contributed by atoms with van der Waals surface area (Å²) in [5.41, 5.74) is 0.850. The summed E-state index contributed by atoms with van der Waals surface area (Å²) in [4.78, 5) is 27.7. The molecule has 1 aromatic carbocycles. The molecule has 0 aliphatic carbocycles. The fourth-order valence-corrected chi connectivity index (χ4v) is 2.40. The Labute approximate surface area is 142 Å². The van der Waals surface area contributed by atoms with Crippen molar-refractivity contribution < 1.29 is 23.5 Å². The van der Waals surface area contributed by atoms with Crippen LogP contribution in [-0.4, -0.2) is 24.9 Å². The first-order chi connectivity index (χ1) is 11.5. The highest BCUT2D eigenvalue weighted by molar-refractivity contribution is 6.34. The van der Waals surface area contributed by atoms with Crippen LogP contribution >= 0.6 is 11.6 Å². The maximum Gasteiger partial charge on any atom is 0.363 e. The number of nitrogens with zero attached hydrogens (tertiary/aromatic N) is 1. The topological polar surface area (TPSA) is 78.1 Å². The Bertz CT molecular complexity index is 894. The normalized spacial score (nSPS) is 15.4. The summed E-state index contributed by atoms with van der Waals surface area (Å²) in [6.45, 7) is 1.62. The first-order valence-electron chi connectivity index (χ1n) is 6.96. The fraction of sp³-hybridized carbons (Fsp3) is 0.118. The summed E-state index contributed by atoms with van der Waals surface area (Å²) in [6, 6.07) is 8.37. The second-order valence-electron chi connectivity index (χ2n) is 4.93. The van der Waals surface area contributed by atoms with Gasteiger partial charge in [-0.2, -0.15) is 0 Å². The predicted octanol–water partition coefficient (Wildman–Crippen LogP) is 3.37. The van der Waals surface area contributed by atoms with Gasteiger partial charge in [-0.1, -0.05) is 23.7 Å². The second-order valence-corrected chi connectivity index (χ2v) is 5.33. The van der Waals surface area contributed by atoms with E-state index in [9.17, 15) is 9.59 Å². The molecule has 1 aliphatic heterocycles. The van der Waals surface area contributed by atoms with Crippen LogP contribution in [0.1, 0.15) is 27.4 Å². The number of halogens is 1. The van der Waals surface area contributed by atoms with Crippen LogP contribution in [0.3, 0.4) is 0 Å². The van der Waals surface area contributed by atoms with Gasteiger partial charge in [-0.3, -0.25) is 0 Å². The molecule has 0 N–H and O–H groups in total. The molecule has 0 atom stereocenters. The van der Waals surface area contributed by atoms with E-state index in [0.29, 0.717) is 22.1 Å². The summed E-state index contributed by atoms with van der Waals surface area (Å²) in [5.74, 6) is -0.346. The lowest BCUT2D eigenvalue weighted by Crippen LogP contribution is -2.05. The Hall–Kier alpha value is -2.86. The minimum atomic E-state index is -0.626. The van der Waals surface area contributed by atoms with E-state index in [-0.39, 0.29) is 17.2 Å². The van der Waals surface area contributed by atoms with Crippen LogP contribution in [0.4, 0.5) is 0 Å². The average Bonchev–Trinajstić information content (AvgIpc) is 3.10. The molecular formula is C17H12ClNO5. The van der Waals surface area contributed by atoms with Crippen LogP contribution in [0, 0.1) is 6.92 Å². The number of methoxy groups -OCH3 is 1. The van der Waals surface area contributed by atoms with Gasteiger partial charge in [0, 0.05) is 6.08 Å². The van der Waals surface area contributed by atoms with Crippen LogP contribution in [0.25, 0.3) is 6.08 Å². The van der Waals surface area contributed by atoms with Crippen molar-refractivity contribution in [3.8, 4) is 0 Å². The summed E-state index contributed by atoms with van der Waals surface area (Å²) in [5, 5.41) is 0.423. The zero-order valence-electron chi connectivity index (χ0n) is 12.8. The van der Waals surface area contributed by atoms with E-state index in [0.717, 1.165) is 0 Å². The minimum absolute atomic E-state index is 0.0510. The molecule has 0 saturated heterocycles. The molecule has 0 saturated carbocycles. The van der Waals surface area contributed by atoms with Crippen LogP contribution in [0.2, 0.25) is 5.02 Å². The van der Waals surface area contributed by atoms with Crippen molar-refractivity contribution in [3.63, 3.8) is 0 Å². The maximum atomic E-state index is 12.0. The van der Waals surface area contributed by atoms with Gasteiger partial charge in [-0.05, 0) is 25.1 Å². The molecule has 24 heavy (non-hydrogen) atoms. The summed E-state index contributed by atoms with van der Waals surface area (Å²) < 4.78 is 15.2. The standard InChI is InChI=1S/C17H12ClNO5/c1-9-12(16(20)22-2)7-10(23-9)8-14-17(21)24-15(19-14)11-5-3-4-6-13(11)18/h3-8H,1-2H3/b14-8-. The Morgan fingerprint density at radius 1 is 1.33 bits per heavy atom. The molecule has 0 fully saturated rings. The van der Waals surface area contributed by atoms with Crippen LogP contribution in [-0.2, 0) is 14.3 Å². The largest absolute Gasteiger partial charge is 0.465 e. The van der Waals surface area contributed by atoms with Gasteiger partial charge in [0.2, 0.25) is 5.90 Å². The van der Waals surface area contributed by atoms with Gasteiger partial charge in [0.25, 0.3) is 0 Å². The van der Waals surface area contributed by atoms with E-state index in [4.69, 9.17) is 20.8 Å². The Morgan fingerprint density at radius 3 is 2.79 bits per heavy atom. The van der Waals surface area contributed by atoms with Gasteiger partial charge in [-0.15, -0.1) is 0 Å². The monoisotopic (exact) mass is 345 g/mol. The van der Waals surface area contributed by atoms with Gasteiger partial charge < -0.3 is 13.9 Å². The number of carbonyl (C=O) groups is 2. The van der Waals surface area contributed by atoms with Gasteiger partial charge >= 0.3 is 11.9 Å². The van der Waals surface area contributed by atoms with Crippen molar-refractivity contribution in [3.05, 3.63) is 63.7 Å². The van der Waals surface area contributed by atoms with E-state index in [1.165, 1.54) is 19.3 Å². The molecule has 0 unspecified atom stereocenters. The quantitative estimate of drug-likeness (QED) is 0.629. The van der Waals surface area contributed by atoms with Gasteiger partial charge in [-0.25, -0.2) is 14.6 Å². The minimum Gasteiger partial charge on any atom is -0.465 e. The number of furan rings is 1. The van der Waals surface area contributed by atoms with Crippen molar-refractivity contribution in [2.24, 2.45) is 4.99 Å². The van der Waals surface area contributed by atoms with Crippen molar-refractivity contribution >= 4 is 35.5 Å². The van der Waals surface area contributed by atoms with Crippen molar-refractivity contribution in [1.29, 1.82) is 0 Å². The van der Waals surface area contributed by atoms with Crippen LogP contribution in [0.15, 0.2) is 45.4 Å². The van der Waals surface area contributed by atoms with Gasteiger partial charge in [0.15, 0.2) is 5.70 Å². The highest BCUT2D eigenvalue weighted by atomic mass is 35.5. The number of rotatable bonds is 3. The molecule has 0 amide bonds. The third-order valence-electron chi connectivity index (χ3n) is 3.35. The van der Waals surface area contributed by atoms with E-state index in [2.05, 4.69) is 9.73 Å². The number of esters is 2. The smallest absolute Gasteiger partial charge is 0.363 e. The Morgan fingerprint density at radius 2 is 2.08 bits per heavy atom. The first-order valence-corrected chi connectivity index (χ1v) is 7.33. The van der Waals surface area contributed by atoms with Crippen LogP contribution in [0.5, 0.6) is 0 Å². The second kappa shape index (κ2) is 6.33. The number of aliphatic imine (C=N–C) groups is 1. The van der Waals surface area contributed by atoms with Gasteiger partial charge in [0.1, 0.15) is 17.1 Å². The Kier molecular flexibility index (Phi) is 4.22. The number of ether oxygens (including phenoxy) is 2. The summed E-state index contributed by atoms with van der Waals surface area (Å²) >= 11 is 6.07. The zero-order chi connectivity index (χ0) is 17.3. The van der Waals surface area contributed by atoms with E-state index in [1.807, 2.05) is 0 Å². The fourth-order valence-electron chi connectivity index (χ4n) is 2.18. The molecule has 0 radical (unpaired) electrons. The molecule has 122 valence electrons. The maximum absolute atomic E-state index is 12.0. The number of benzene rings is 1. The van der Waals surface area contributed by atoms with Gasteiger partial charge in [0.05, 0.1) is 17.7 Å².